The quantitative estimate of drug-likeness (QED) is 0.425. The fraction of sp³-hybridized carbons (Fsp3) is 0.444. The molecule has 0 N–H and O–H groups in total. The third kappa shape index (κ3) is 4.54. The minimum absolute atomic E-state index is 0.398. The van der Waals surface area contributed by atoms with Crippen molar-refractivity contribution in [2.24, 2.45) is 11.8 Å². The van der Waals surface area contributed by atoms with Crippen LogP contribution in [0.25, 0.3) is 11.1 Å². The molecule has 0 aliphatic carbocycles. The predicted octanol–water partition coefficient (Wildman–Crippen LogP) is 5.05. The molecule has 2 aromatic carbocycles. The average Bonchev–Trinajstić information content (AvgIpc) is 3.53. The van der Waals surface area contributed by atoms with E-state index in [4.69, 9.17) is 14.7 Å². The van der Waals surface area contributed by atoms with Crippen LogP contribution in [0.4, 0.5) is 0 Å². The number of rotatable bonds is 9. The Labute approximate surface area is 185 Å². The number of hydrogen-bond donors (Lipinski definition) is 0. The largest absolute Gasteiger partial charge is 0.494 e. The molecular weight excluding hydrogens is 384 g/mol. The zero-order chi connectivity index (χ0) is 21.0. The first-order chi connectivity index (χ1) is 15.3. The summed E-state index contributed by atoms with van der Waals surface area (Å²) in [4.78, 5) is 2.65. The summed E-state index contributed by atoms with van der Waals surface area (Å²) < 4.78 is 11.9. The van der Waals surface area contributed by atoms with Crippen LogP contribution in [-0.2, 0) is 4.74 Å². The molecule has 4 nitrogen and oxygen atoms in total. The van der Waals surface area contributed by atoms with Gasteiger partial charge < -0.3 is 14.4 Å². The smallest absolute Gasteiger partial charge is 0.119 e. The minimum Gasteiger partial charge on any atom is -0.494 e. The van der Waals surface area contributed by atoms with E-state index in [-0.39, 0.29) is 0 Å². The van der Waals surface area contributed by atoms with Gasteiger partial charge in [-0.2, -0.15) is 5.26 Å². The lowest BCUT2D eigenvalue weighted by molar-refractivity contribution is 0.0847. The van der Waals surface area contributed by atoms with Gasteiger partial charge in [0.15, 0.2) is 0 Å². The molecule has 0 spiro atoms. The zero-order valence-electron chi connectivity index (χ0n) is 18.0. The van der Waals surface area contributed by atoms with Crippen LogP contribution in [0.1, 0.15) is 31.2 Å². The van der Waals surface area contributed by atoms with Gasteiger partial charge in [0.2, 0.25) is 0 Å². The topological polar surface area (TPSA) is 45.5 Å². The first kappa shape index (κ1) is 20.3. The van der Waals surface area contributed by atoms with Crippen LogP contribution in [0, 0.1) is 23.2 Å². The van der Waals surface area contributed by atoms with E-state index in [2.05, 4.69) is 35.3 Å². The van der Waals surface area contributed by atoms with Crippen molar-refractivity contribution in [2.45, 2.75) is 37.9 Å². The van der Waals surface area contributed by atoms with Crippen molar-refractivity contribution in [2.75, 3.05) is 26.2 Å². The molecule has 0 aromatic heterocycles. The Morgan fingerprint density at radius 3 is 2.10 bits per heavy atom. The first-order valence-corrected chi connectivity index (χ1v) is 11.6. The van der Waals surface area contributed by atoms with E-state index < -0.39 is 0 Å². The molecule has 2 saturated heterocycles. The summed E-state index contributed by atoms with van der Waals surface area (Å²) in [5, 5.41) is 8.91. The maximum Gasteiger partial charge on any atom is 0.119 e. The molecule has 0 radical (unpaired) electrons. The second-order valence-corrected chi connectivity index (χ2v) is 9.01. The number of benzene rings is 2. The van der Waals surface area contributed by atoms with Crippen molar-refractivity contribution in [3.05, 3.63) is 66.2 Å². The predicted molar refractivity (Wildman–Crippen MR) is 122 cm³/mol. The summed E-state index contributed by atoms with van der Waals surface area (Å²) >= 11 is 0. The molecule has 0 saturated carbocycles. The van der Waals surface area contributed by atoms with Crippen molar-refractivity contribution in [1.82, 2.24) is 4.90 Å². The third-order valence-electron chi connectivity index (χ3n) is 6.98. The number of fused-ring (bicyclic) bond motifs is 5. The monoisotopic (exact) mass is 414 g/mol. The molecule has 0 unspecified atom stereocenters. The molecule has 3 aliphatic heterocycles. The number of unbranched alkanes of at least 4 members (excludes halogenated alkanes) is 3. The average molecular weight is 415 g/mol. The SMILES string of the molecule is N#Cc1ccc(-c2ccc(OCCCCCCN3C[C@@H]4[C@H](C3)[C@H]3C=C[C@@H]4O3)cc2)cc1. The number of likely N-dealkylation sites (tertiary alicyclic amines) is 1. The third-order valence-corrected chi connectivity index (χ3v) is 6.98. The summed E-state index contributed by atoms with van der Waals surface area (Å²) in [6.45, 7) is 4.44. The molecule has 3 aliphatic rings. The maximum atomic E-state index is 8.91. The fourth-order valence-electron chi connectivity index (χ4n) is 5.26. The van der Waals surface area contributed by atoms with E-state index in [0.717, 1.165) is 41.7 Å². The summed E-state index contributed by atoms with van der Waals surface area (Å²) in [6.07, 6.45) is 10.2. The first-order valence-electron chi connectivity index (χ1n) is 11.6. The van der Waals surface area contributed by atoms with Crippen molar-refractivity contribution in [1.29, 1.82) is 5.26 Å². The fourth-order valence-corrected chi connectivity index (χ4v) is 5.26. The van der Waals surface area contributed by atoms with Crippen LogP contribution in [-0.4, -0.2) is 43.3 Å². The number of hydrogen-bond acceptors (Lipinski definition) is 4. The molecule has 2 bridgehead atoms. The van der Waals surface area contributed by atoms with Gasteiger partial charge in [-0.3, -0.25) is 0 Å². The molecule has 0 amide bonds. The molecular formula is C27H30N2O2. The van der Waals surface area contributed by atoms with Crippen LogP contribution in [0.3, 0.4) is 0 Å². The molecule has 31 heavy (non-hydrogen) atoms. The van der Waals surface area contributed by atoms with Gasteiger partial charge in [-0.15, -0.1) is 0 Å². The van der Waals surface area contributed by atoms with Gasteiger partial charge in [0, 0.05) is 24.9 Å². The maximum absolute atomic E-state index is 8.91. The number of nitrogens with zero attached hydrogens (tertiary/aromatic N) is 2. The Morgan fingerprint density at radius 2 is 1.45 bits per heavy atom. The van der Waals surface area contributed by atoms with Crippen molar-refractivity contribution in [3.8, 4) is 22.9 Å². The lowest BCUT2D eigenvalue weighted by Crippen LogP contribution is -2.26. The van der Waals surface area contributed by atoms with Crippen molar-refractivity contribution < 1.29 is 9.47 Å². The van der Waals surface area contributed by atoms with Crippen molar-refractivity contribution in [3.63, 3.8) is 0 Å². The summed E-state index contributed by atoms with van der Waals surface area (Å²) in [6, 6.07) is 18.0. The van der Waals surface area contributed by atoms with Crippen LogP contribution < -0.4 is 4.74 Å². The van der Waals surface area contributed by atoms with E-state index in [1.54, 1.807) is 0 Å². The number of nitriles is 1. The highest BCUT2D eigenvalue weighted by molar-refractivity contribution is 5.64. The van der Waals surface area contributed by atoms with Crippen LogP contribution in [0.2, 0.25) is 0 Å². The Bertz CT molecular complexity index is 925. The van der Waals surface area contributed by atoms with Gasteiger partial charge in [0.1, 0.15) is 5.75 Å². The van der Waals surface area contributed by atoms with Gasteiger partial charge in [-0.05, 0) is 54.8 Å². The van der Waals surface area contributed by atoms with Crippen LogP contribution in [0.15, 0.2) is 60.7 Å². The highest BCUT2D eigenvalue weighted by atomic mass is 16.5. The van der Waals surface area contributed by atoms with Gasteiger partial charge >= 0.3 is 0 Å². The Kier molecular flexibility index (Phi) is 6.06. The Balaban J connectivity index is 0.958. The molecule has 2 fully saturated rings. The van der Waals surface area contributed by atoms with Gasteiger partial charge in [-0.25, -0.2) is 0 Å². The standard InChI is InChI=1S/C27H30N2O2/c28-17-20-5-7-21(8-6-20)22-9-11-23(12-10-22)30-16-4-2-1-3-15-29-18-24-25(19-29)27-14-13-26(24)31-27/h5-14,24-27H,1-4,15-16,18-19H2/t24-,25+,26+,27-. The van der Waals surface area contributed by atoms with Crippen LogP contribution in [0.5, 0.6) is 5.75 Å². The second kappa shape index (κ2) is 9.26. The van der Waals surface area contributed by atoms with E-state index in [1.807, 2.05) is 36.4 Å². The molecule has 160 valence electrons. The summed E-state index contributed by atoms with van der Waals surface area (Å²) in [7, 11) is 0. The molecule has 4 heteroatoms. The normalized spacial score (nSPS) is 26.2. The molecule has 2 aromatic rings. The Morgan fingerprint density at radius 1 is 0.839 bits per heavy atom. The van der Waals surface area contributed by atoms with E-state index in [1.165, 1.54) is 38.9 Å². The zero-order valence-corrected chi connectivity index (χ0v) is 18.0. The van der Waals surface area contributed by atoms with Gasteiger partial charge in [0.05, 0.1) is 30.4 Å². The van der Waals surface area contributed by atoms with E-state index >= 15 is 0 Å². The lowest BCUT2D eigenvalue weighted by atomic mass is 9.86. The van der Waals surface area contributed by atoms with Crippen molar-refractivity contribution >= 4 is 0 Å². The van der Waals surface area contributed by atoms with E-state index in [9.17, 15) is 0 Å². The molecule has 5 rings (SSSR count). The van der Waals surface area contributed by atoms with Gasteiger partial charge in [-0.1, -0.05) is 49.3 Å². The highest BCUT2D eigenvalue weighted by Gasteiger charge is 2.50. The van der Waals surface area contributed by atoms with Crippen LogP contribution >= 0.6 is 0 Å². The Hall–Kier alpha value is -2.61. The van der Waals surface area contributed by atoms with E-state index in [0.29, 0.717) is 17.8 Å². The second-order valence-electron chi connectivity index (χ2n) is 9.01. The lowest BCUT2D eigenvalue weighted by Gasteiger charge is -2.18. The summed E-state index contributed by atoms with van der Waals surface area (Å²) in [5.41, 5.74) is 2.94. The molecule has 3 heterocycles. The summed E-state index contributed by atoms with van der Waals surface area (Å²) in [5.74, 6) is 2.41. The number of ether oxygens (including phenoxy) is 2. The minimum atomic E-state index is 0.398. The molecule has 4 atom stereocenters. The van der Waals surface area contributed by atoms with Gasteiger partial charge in [0.25, 0.3) is 0 Å². The highest BCUT2D eigenvalue weighted by Crippen LogP contribution is 2.43.